The SMILES string of the molecule is CC(=O)Oc1ccc(CC(C(=O)Nc2ccc(-n3cncn3)nc2)N2C(=O)c3ccccc3C2=O)cc1. The van der Waals surface area contributed by atoms with Crippen molar-refractivity contribution in [3.8, 4) is 11.6 Å². The smallest absolute Gasteiger partial charge is 0.308 e. The topological polar surface area (TPSA) is 136 Å². The molecule has 2 aromatic heterocycles. The molecule has 184 valence electrons. The second-order valence-electron chi connectivity index (χ2n) is 8.22. The summed E-state index contributed by atoms with van der Waals surface area (Å²) in [6, 6.07) is 15.1. The van der Waals surface area contributed by atoms with Crippen molar-refractivity contribution >= 4 is 29.4 Å². The predicted molar refractivity (Wildman–Crippen MR) is 130 cm³/mol. The predicted octanol–water partition coefficient (Wildman–Crippen LogP) is 2.43. The van der Waals surface area contributed by atoms with E-state index >= 15 is 0 Å². The van der Waals surface area contributed by atoms with Crippen molar-refractivity contribution < 1.29 is 23.9 Å². The van der Waals surface area contributed by atoms with E-state index in [2.05, 4.69) is 20.4 Å². The van der Waals surface area contributed by atoms with Gasteiger partial charge in [0.25, 0.3) is 11.8 Å². The average Bonchev–Trinajstić information content (AvgIpc) is 3.52. The first-order valence-electron chi connectivity index (χ1n) is 11.3. The maximum atomic E-state index is 13.5. The summed E-state index contributed by atoms with van der Waals surface area (Å²) in [5.74, 6) is -1.26. The van der Waals surface area contributed by atoms with E-state index in [9.17, 15) is 19.2 Å². The Morgan fingerprint density at radius 1 is 0.973 bits per heavy atom. The third-order valence-corrected chi connectivity index (χ3v) is 5.72. The van der Waals surface area contributed by atoms with Crippen molar-refractivity contribution in [3.05, 3.63) is 96.2 Å². The molecule has 1 aliphatic heterocycles. The Labute approximate surface area is 210 Å². The normalized spacial score (nSPS) is 13.3. The van der Waals surface area contributed by atoms with Gasteiger partial charge in [-0.1, -0.05) is 24.3 Å². The van der Waals surface area contributed by atoms with Crippen molar-refractivity contribution in [2.24, 2.45) is 0 Å². The average molecular weight is 496 g/mol. The van der Waals surface area contributed by atoms with Gasteiger partial charge in [-0.2, -0.15) is 5.10 Å². The number of rotatable bonds is 7. The standard InChI is InChI=1S/C26H20N6O5/c1-16(33)37-19-9-6-17(7-10-19)12-22(32-25(35)20-4-2-3-5-21(20)26(32)36)24(34)30-18-8-11-23(28-13-18)31-15-27-14-29-31/h2-11,13-15,22H,12H2,1H3,(H,30,34). The molecular formula is C26H20N6O5. The lowest BCUT2D eigenvalue weighted by molar-refractivity contribution is -0.131. The first kappa shape index (κ1) is 23.5. The molecule has 5 rings (SSSR count). The van der Waals surface area contributed by atoms with Gasteiger partial charge in [0.1, 0.15) is 24.4 Å². The highest BCUT2D eigenvalue weighted by molar-refractivity contribution is 6.23. The summed E-state index contributed by atoms with van der Waals surface area (Å²) in [6.45, 7) is 1.30. The summed E-state index contributed by atoms with van der Waals surface area (Å²) in [5, 5.41) is 6.76. The first-order chi connectivity index (χ1) is 17.9. The Balaban J connectivity index is 1.42. The summed E-state index contributed by atoms with van der Waals surface area (Å²) in [7, 11) is 0. The van der Waals surface area contributed by atoms with Crippen molar-refractivity contribution in [3.63, 3.8) is 0 Å². The highest BCUT2D eigenvalue weighted by atomic mass is 16.5. The summed E-state index contributed by atoms with van der Waals surface area (Å²) in [5.41, 5.74) is 1.52. The lowest BCUT2D eigenvalue weighted by Gasteiger charge is -2.25. The zero-order valence-electron chi connectivity index (χ0n) is 19.6. The molecule has 4 aromatic rings. The monoisotopic (exact) mass is 496 g/mol. The van der Waals surface area contributed by atoms with E-state index in [1.165, 1.54) is 30.5 Å². The lowest BCUT2D eigenvalue weighted by atomic mass is 10.0. The molecule has 0 saturated carbocycles. The van der Waals surface area contributed by atoms with Crippen LogP contribution in [-0.2, 0) is 16.0 Å². The molecule has 0 spiro atoms. The van der Waals surface area contributed by atoms with Gasteiger partial charge in [0, 0.05) is 13.3 Å². The molecule has 0 aliphatic carbocycles. The lowest BCUT2D eigenvalue weighted by Crippen LogP contribution is -2.48. The van der Waals surface area contributed by atoms with E-state index in [-0.39, 0.29) is 17.5 Å². The fourth-order valence-electron chi connectivity index (χ4n) is 4.02. The minimum Gasteiger partial charge on any atom is -0.427 e. The number of hydrogen-bond donors (Lipinski definition) is 1. The van der Waals surface area contributed by atoms with E-state index in [0.29, 0.717) is 22.8 Å². The number of aromatic nitrogens is 4. The van der Waals surface area contributed by atoms with Gasteiger partial charge in [-0.15, -0.1) is 0 Å². The third kappa shape index (κ3) is 4.82. The van der Waals surface area contributed by atoms with Crippen LogP contribution in [0.4, 0.5) is 5.69 Å². The Morgan fingerprint density at radius 2 is 1.68 bits per heavy atom. The minimum atomic E-state index is -1.15. The van der Waals surface area contributed by atoms with Crippen LogP contribution in [-0.4, -0.2) is 54.4 Å². The molecule has 37 heavy (non-hydrogen) atoms. The molecule has 1 N–H and O–H groups in total. The highest BCUT2D eigenvalue weighted by Crippen LogP contribution is 2.27. The number of fused-ring (bicyclic) bond motifs is 1. The number of hydrogen-bond acceptors (Lipinski definition) is 8. The molecule has 0 bridgehead atoms. The minimum absolute atomic E-state index is 0.0438. The fraction of sp³-hybridized carbons (Fsp3) is 0.115. The van der Waals surface area contributed by atoms with Gasteiger partial charge in [-0.3, -0.25) is 24.1 Å². The molecule has 11 heteroatoms. The second kappa shape index (κ2) is 9.82. The number of pyridine rings is 1. The molecule has 1 atom stereocenters. The number of nitrogens with zero attached hydrogens (tertiary/aromatic N) is 5. The molecule has 3 amide bonds. The van der Waals surface area contributed by atoms with Gasteiger partial charge in [-0.05, 0) is 42.0 Å². The summed E-state index contributed by atoms with van der Waals surface area (Å²) in [4.78, 5) is 60.2. The molecule has 3 heterocycles. The van der Waals surface area contributed by atoms with Crippen LogP contribution in [0.5, 0.6) is 5.75 Å². The Kier molecular flexibility index (Phi) is 6.25. The molecule has 1 unspecified atom stereocenters. The number of imide groups is 1. The molecule has 0 radical (unpaired) electrons. The van der Waals surface area contributed by atoms with Crippen molar-refractivity contribution in [2.75, 3.05) is 5.32 Å². The molecule has 2 aromatic carbocycles. The number of esters is 1. The Bertz CT molecular complexity index is 1450. The molecule has 11 nitrogen and oxygen atoms in total. The number of carbonyl (C=O) groups excluding carboxylic acids is 4. The maximum absolute atomic E-state index is 13.5. The first-order valence-corrected chi connectivity index (χ1v) is 11.3. The van der Waals surface area contributed by atoms with Crippen LogP contribution in [0.2, 0.25) is 0 Å². The number of amides is 3. The molecule has 1 aliphatic rings. The Hall–Kier alpha value is -5.19. The van der Waals surface area contributed by atoms with Gasteiger partial charge < -0.3 is 10.1 Å². The van der Waals surface area contributed by atoms with E-state index in [0.717, 1.165) is 4.90 Å². The maximum Gasteiger partial charge on any atom is 0.308 e. The van der Waals surface area contributed by atoms with Crippen molar-refractivity contribution in [1.29, 1.82) is 0 Å². The number of ether oxygens (including phenoxy) is 1. The Morgan fingerprint density at radius 3 is 2.24 bits per heavy atom. The quantitative estimate of drug-likeness (QED) is 0.234. The second-order valence-corrected chi connectivity index (χ2v) is 8.22. The highest BCUT2D eigenvalue weighted by Gasteiger charge is 2.42. The number of benzene rings is 2. The molecule has 0 saturated heterocycles. The van der Waals surface area contributed by atoms with E-state index in [4.69, 9.17) is 4.74 Å². The van der Waals surface area contributed by atoms with E-state index < -0.39 is 29.7 Å². The van der Waals surface area contributed by atoms with Crippen LogP contribution in [0.25, 0.3) is 5.82 Å². The zero-order chi connectivity index (χ0) is 25.9. The number of nitrogens with one attached hydrogen (secondary N) is 1. The van der Waals surface area contributed by atoms with E-state index in [1.807, 2.05) is 0 Å². The zero-order valence-corrected chi connectivity index (χ0v) is 19.6. The third-order valence-electron chi connectivity index (χ3n) is 5.72. The van der Waals surface area contributed by atoms with Crippen LogP contribution in [0.3, 0.4) is 0 Å². The van der Waals surface area contributed by atoms with Gasteiger partial charge in [0.15, 0.2) is 5.82 Å². The largest absolute Gasteiger partial charge is 0.427 e. The van der Waals surface area contributed by atoms with Crippen LogP contribution < -0.4 is 10.1 Å². The van der Waals surface area contributed by atoms with Crippen molar-refractivity contribution in [2.45, 2.75) is 19.4 Å². The molecule has 0 fully saturated rings. The van der Waals surface area contributed by atoms with Gasteiger partial charge in [0.05, 0.1) is 23.0 Å². The molecular weight excluding hydrogens is 476 g/mol. The van der Waals surface area contributed by atoms with Crippen LogP contribution in [0.1, 0.15) is 33.2 Å². The van der Waals surface area contributed by atoms with Crippen LogP contribution in [0, 0.1) is 0 Å². The fourth-order valence-corrected chi connectivity index (χ4v) is 4.02. The van der Waals surface area contributed by atoms with Crippen LogP contribution >= 0.6 is 0 Å². The van der Waals surface area contributed by atoms with Gasteiger partial charge in [-0.25, -0.2) is 14.6 Å². The van der Waals surface area contributed by atoms with Gasteiger partial charge >= 0.3 is 5.97 Å². The summed E-state index contributed by atoms with van der Waals surface area (Å²) < 4.78 is 6.52. The van der Waals surface area contributed by atoms with Gasteiger partial charge in [0.2, 0.25) is 5.91 Å². The summed E-state index contributed by atoms with van der Waals surface area (Å²) in [6.07, 6.45) is 4.36. The summed E-state index contributed by atoms with van der Waals surface area (Å²) >= 11 is 0. The van der Waals surface area contributed by atoms with Crippen LogP contribution in [0.15, 0.2) is 79.5 Å². The van der Waals surface area contributed by atoms with E-state index in [1.54, 1.807) is 60.7 Å². The van der Waals surface area contributed by atoms with Crippen molar-refractivity contribution in [1.82, 2.24) is 24.6 Å². The number of carbonyl (C=O) groups is 4. The number of anilines is 1.